The maximum Gasteiger partial charge on any atom is 0.228 e. The summed E-state index contributed by atoms with van der Waals surface area (Å²) >= 11 is 3.47. The third-order valence-corrected chi connectivity index (χ3v) is 5.93. The lowest BCUT2D eigenvalue weighted by Crippen LogP contribution is -2.22. The zero-order chi connectivity index (χ0) is 19.0. The number of carbonyl (C=O) groups excluding carboxylic acids is 1. The van der Waals surface area contributed by atoms with Crippen molar-refractivity contribution in [1.29, 1.82) is 0 Å². The van der Waals surface area contributed by atoms with Gasteiger partial charge in [0.25, 0.3) is 0 Å². The summed E-state index contributed by atoms with van der Waals surface area (Å²) < 4.78 is 0.958. The number of amides is 1. The lowest BCUT2D eigenvalue weighted by atomic mass is 9.84. The van der Waals surface area contributed by atoms with Gasteiger partial charge >= 0.3 is 0 Å². The Kier molecular flexibility index (Phi) is 4.65. The molecule has 1 fully saturated rings. The summed E-state index contributed by atoms with van der Waals surface area (Å²) in [7, 11) is 0. The van der Waals surface area contributed by atoms with Gasteiger partial charge in [-0.1, -0.05) is 81.7 Å². The number of nitrogens with one attached hydrogen (secondary N) is 1. The molecule has 27 heavy (non-hydrogen) atoms. The molecule has 1 atom stereocenters. The molecule has 1 aliphatic rings. The summed E-state index contributed by atoms with van der Waals surface area (Å²) in [5, 5.41) is 3.10. The quantitative estimate of drug-likeness (QED) is 0.550. The highest BCUT2D eigenvalue weighted by atomic mass is 79.9. The summed E-state index contributed by atoms with van der Waals surface area (Å²) in [4.78, 5) is 13.1. The van der Waals surface area contributed by atoms with E-state index in [4.69, 9.17) is 0 Å². The molecule has 0 bridgehead atoms. The molecule has 1 unspecified atom stereocenters. The Labute approximate surface area is 168 Å². The molecule has 3 aromatic carbocycles. The van der Waals surface area contributed by atoms with E-state index < -0.39 is 0 Å². The lowest BCUT2D eigenvalue weighted by molar-refractivity contribution is -0.117. The van der Waals surface area contributed by atoms with Gasteiger partial charge in [0.05, 0.1) is 5.92 Å². The van der Waals surface area contributed by atoms with Crippen LogP contribution in [0.4, 0.5) is 5.69 Å². The Hall–Kier alpha value is -2.39. The molecule has 3 aromatic rings. The first-order valence-corrected chi connectivity index (χ1v) is 9.99. The maximum absolute atomic E-state index is 13.1. The van der Waals surface area contributed by atoms with Gasteiger partial charge in [-0.25, -0.2) is 0 Å². The van der Waals surface area contributed by atoms with Gasteiger partial charge in [0, 0.05) is 15.6 Å². The van der Waals surface area contributed by atoms with Gasteiger partial charge in [-0.15, -0.1) is 0 Å². The molecule has 2 nitrogen and oxygen atoms in total. The van der Waals surface area contributed by atoms with E-state index in [-0.39, 0.29) is 17.2 Å². The molecule has 1 amide bonds. The monoisotopic (exact) mass is 419 g/mol. The number of rotatable bonds is 4. The van der Waals surface area contributed by atoms with Gasteiger partial charge in [0.15, 0.2) is 0 Å². The van der Waals surface area contributed by atoms with Crippen LogP contribution >= 0.6 is 15.9 Å². The number of benzene rings is 3. The Bertz CT molecular complexity index is 965. The van der Waals surface area contributed by atoms with E-state index in [9.17, 15) is 4.79 Å². The molecule has 0 saturated heterocycles. The van der Waals surface area contributed by atoms with Crippen LogP contribution in [0.3, 0.4) is 0 Å². The van der Waals surface area contributed by atoms with Crippen LogP contribution in [0, 0.1) is 19.8 Å². The van der Waals surface area contributed by atoms with Crippen molar-refractivity contribution >= 4 is 27.5 Å². The summed E-state index contributed by atoms with van der Waals surface area (Å²) in [6.07, 6.45) is 0.833. The van der Waals surface area contributed by atoms with E-state index in [0.717, 1.165) is 16.6 Å². The number of hydrogen-bond donors (Lipinski definition) is 1. The number of anilines is 1. The van der Waals surface area contributed by atoms with Crippen molar-refractivity contribution in [3.63, 3.8) is 0 Å². The highest BCUT2D eigenvalue weighted by Crippen LogP contribution is 2.59. The largest absolute Gasteiger partial charge is 0.326 e. The van der Waals surface area contributed by atoms with Crippen LogP contribution in [0.2, 0.25) is 0 Å². The molecule has 0 radical (unpaired) electrons. The van der Waals surface area contributed by atoms with Crippen molar-refractivity contribution in [3.05, 3.63) is 99.5 Å². The van der Waals surface area contributed by atoms with Crippen molar-refractivity contribution in [3.8, 4) is 0 Å². The number of carbonyl (C=O) groups is 1. The zero-order valence-electron chi connectivity index (χ0n) is 15.5. The third-order valence-electron chi connectivity index (χ3n) is 5.44. The van der Waals surface area contributed by atoms with Crippen molar-refractivity contribution in [2.24, 2.45) is 5.92 Å². The van der Waals surface area contributed by atoms with Crippen LogP contribution in [-0.4, -0.2) is 5.91 Å². The Balaban J connectivity index is 1.70. The Morgan fingerprint density at radius 2 is 1.52 bits per heavy atom. The first kappa shape index (κ1) is 18.0. The van der Waals surface area contributed by atoms with Crippen molar-refractivity contribution < 1.29 is 4.79 Å². The van der Waals surface area contributed by atoms with Crippen LogP contribution < -0.4 is 5.32 Å². The first-order valence-electron chi connectivity index (χ1n) is 9.20. The highest BCUT2D eigenvalue weighted by molar-refractivity contribution is 9.10. The van der Waals surface area contributed by atoms with Crippen molar-refractivity contribution in [2.45, 2.75) is 25.7 Å². The average Bonchev–Trinajstić information content (AvgIpc) is 3.39. The first-order chi connectivity index (χ1) is 13.0. The van der Waals surface area contributed by atoms with Crippen molar-refractivity contribution in [1.82, 2.24) is 0 Å². The molecule has 1 aliphatic carbocycles. The molecule has 136 valence electrons. The van der Waals surface area contributed by atoms with Crippen LogP contribution in [-0.2, 0) is 10.2 Å². The normalized spacial score (nSPS) is 17.4. The van der Waals surface area contributed by atoms with Gasteiger partial charge < -0.3 is 5.32 Å². The number of hydrogen-bond acceptors (Lipinski definition) is 1. The van der Waals surface area contributed by atoms with Gasteiger partial charge in [-0.2, -0.15) is 0 Å². The second-order valence-corrected chi connectivity index (χ2v) is 8.38. The molecule has 4 rings (SSSR count). The minimum absolute atomic E-state index is 0.0694. The second kappa shape index (κ2) is 6.97. The Morgan fingerprint density at radius 1 is 0.926 bits per heavy atom. The molecular weight excluding hydrogens is 398 g/mol. The minimum Gasteiger partial charge on any atom is -0.326 e. The summed E-state index contributed by atoms with van der Waals surface area (Å²) in [6.45, 7) is 4.21. The molecular formula is C24H22BrNO. The zero-order valence-corrected chi connectivity index (χ0v) is 17.1. The molecule has 0 aliphatic heterocycles. The van der Waals surface area contributed by atoms with E-state index in [1.807, 2.05) is 24.3 Å². The molecule has 3 heteroatoms. The van der Waals surface area contributed by atoms with Crippen LogP contribution in [0.1, 0.15) is 28.7 Å². The maximum atomic E-state index is 13.1. The van der Waals surface area contributed by atoms with E-state index in [0.29, 0.717) is 0 Å². The topological polar surface area (TPSA) is 29.1 Å². The van der Waals surface area contributed by atoms with Gasteiger partial charge in [0.2, 0.25) is 5.91 Å². The smallest absolute Gasteiger partial charge is 0.228 e. The van der Waals surface area contributed by atoms with Crippen LogP contribution in [0.5, 0.6) is 0 Å². The van der Waals surface area contributed by atoms with Gasteiger partial charge in [-0.05, 0) is 49.6 Å². The minimum atomic E-state index is -0.242. The second-order valence-electron chi connectivity index (χ2n) is 7.47. The number of aryl methyl sites for hydroxylation is 2. The lowest BCUT2D eigenvalue weighted by Gasteiger charge is -2.20. The van der Waals surface area contributed by atoms with Crippen LogP contribution in [0.25, 0.3) is 0 Å². The molecule has 0 heterocycles. The average molecular weight is 420 g/mol. The molecule has 0 aromatic heterocycles. The van der Waals surface area contributed by atoms with Gasteiger partial charge in [-0.3, -0.25) is 4.79 Å². The predicted octanol–water partition coefficient (Wildman–Crippen LogP) is 6.01. The fourth-order valence-corrected chi connectivity index (χ4v) is 4.42. The van der Waals surface area contributed by atoms with Gasteiger partial charge in [0.1, 0.15) is 0 Å². The molecule has 1 saturated carbocycles. The van der Waals surface area contributed by atoms with E-state index in [1.54, 1.807) is 0 Å². The third kappa shape index (κ3) is 3.44. The Morgan fingerprint density at radius 3 is 2.07 bits per heavy atom. The SMILES string of the molecule is Cc1cccc(C2(c3cccc(C)c3)CC2C(=O)Nc2cccc(Br)c2)c1. The fraction of sp³-hybridized carbons (Fsp3) is 0.208. The molecule has 1 N–H and O–H groups in total. The van der Waals surface area contributed by atoms with E-state index >= 15 is 0 Å². The standard InChI is InChI=1S/C24H22BrNO/c1-16-6-3-8-18(12-16)24(19-9-4-7-17(2)13-19)15-22(24)23(27)26-21-11-5-10-20(25)14-21/h3-14,22H,15H2,1-2H3,(H,26,27). The summed E-state index contributed by atoms with van der Waals surface area (Å²) in [6, 6.07) is 24.9. The fourth-order valence-electron chi connectivity index (χ4n) is 4.02. The molecule has 0 spiro atoms. The predicted molar refractivity (Wildman–Crippen MR) is 114 cm³/mol. The number of halogens is 1. The van der Waals surface area contributed by atoms with E-state index in [1.165, 1.54) is 22.3 Å². The summed E-state index contributed by atoms with van der Waals surface area (Å²) in [5.74, 6) is 0.0104. The summed E-state index contributed by atoms with van der Waals surface area (Å²) in [5.41, 5.74) is 5.47. The van der Waals surface area contributed by atoms with Crippen molar-refractivity contribution in [2.75, 3.05) is 5.32 Å². The highest BCUT2D eigenvalue weighted by Gasteiger charge is 2.60. The van der Waals surface area contributed by atoms with Crippen LogP contribution in [0.15, 0.2) is 77.3 Å². The van der Waals surface area contributed by atoms with E-state index in [2.05, 4.69) is 83.6 Å².